The summed E-state index contributed by atoms with van der Waals surface area (Å²) >= 11 is 0. The summed E-state index contributed by atoms with van der Waals surface area (Å²) in [7, 11) is 1.87. The highest BCUT2D eigenvalue weighted by molar-refractivity contribution is 5.90. The lowest BCUT2D eigenvalue weighted by Gasteiger charge is -2.28. The zero-order chi connectivity index (χ0) is 15.8. The summed E-state index contributed by atoms with van der Waals surface area (Å²) in [4.78, 5) is 11.7. The largest absolute Gasteiger partial charge is 0.488 e. The maximum atomic E-state index is 11.7. The van der Waals surface area contributed by atoms with E-state index in [-0.39, 0.29) is 18.1 Å². The molecule has 1 aromatic rings. The van der Waals surface area contributed by atoms with Crippen LogP contribution in [0.1, 0.15) is 38.5 Å². The number of aliphatic hydroxyl groups is 1. The van der Waals surface area contributed by atoms with Crippen LogP contribution in [0.5, 0.6) is 5.75 Å². The molecule has 0 spiro atoms. The van der Waals surface area contributed by atoms with Crippen LogP contribution in [-0.4, -0.2) is 36.8 Å². The first-order valence-electron chi connectivity index (χ1n) is 8.08. The number of benzene rings is 1. The standard InChI is InChI=1S/C17H26N2O3/c1-18-12-4-7-17(21)19-13-8-10-14(11-9-13)22-16-6-3-2-5-15(16)20/h8-11,15-16,18,20H,2-7,12H2,1H3,(H,19,21). The summed E-state index contributed by atoms with van der Waals surface area (Å²) in [6.07, 6.45) is 4.71. The van der Waals surface area contributed by atoms with Gasteiger partial charge in [-0.05, 0) is 63.5 Å². The molecule has 0 heterocycles. The SMILES string of the molecule is CNCCCC(=O)Nc1ccc(OC2CCCCC2O)cc1. The van der Waals surface area contributed by atoms with Gasteiger partial charge in [-0.25, -0.2) is 0 Å². The monoisotopic (exact) mass is 306 g/mol. The lowest BCUT2D eigenvalue weighted by molar-refractivity contribution is -0.116. The number of rotatable bonds is 7. The fourth-order valence-electron chi connectivity index (χ4n) is 2.66. The van der Waals surface area contributed by atoms with Crippen molar-refractivity contribution in [3.05, 3.63) is 24.3 Å². The van der Waals surface area contributed by atoms with E-state index >= 15 is 0 Å². The van der Waals surface area contributed by atoms with Crippen molar-refractivity contribution in [3.63, 3.8) is 0 Å². The molecule has 3 N–H and O–H groups in total. The minimum atomic E-state index is -0.375. The molecule has 5 heteroatoms. The van der Waals surface area contributed by atoms with Gasteiger partial charge in [0.05, 0.1) is 6.10 Å². The Hall–Kier alpha value is -1.59. The fourth-order valence-corrected chi connectivity index (χ4v) is 2.66. The van der Waals surface area contributed by atoms with Crippen LogP contribution >= 0.6 is 0 Å². The van der Waals surface area contributed by atoms with E-state index in [0.29, 0.717) is 6.42 Å². The smallest absolute Gasteiger partial charge is 0.224 e. The van der Waals surface area contributed by atoms with Gasteiger partial charge in [-0.3, -0.25) is 4.79 Å². The van der Waals surface area contributed by atoms with Gasteiger partial charge in [-0.2, -0.15) is 0 Å². The highest BCUT2D eigenvalue weighted by atomic mass is 16.5. The molecule has 0 bridgehead atoms. The summed E-state index contributed by atoms with van der Waals surface area (Å²) in [5, 5.41) is 15.8. The molecule has 2 unspecified atom stereocenters. The Morgan fingerprint density at radius 1 is 1.27 bits per heavy atom. The van der Waals surface area contributed by atoms with Gasteiger partial charge >= 0.3 is 0 Å². The van der Waals surface area contributed by atoms with Crippen LogP contribution in [0.4, 0.5) is 5.69 Å². The summed E-state index contributed by atoms with van der Waals surface area (Å²) in [5.41, 5.74) is 0.769. The Kier molecular flexibility index (Phi) is 6.68. The van der Waals surface area contributed by atoms with Gasteiger partial charge in [0.15, 0.2) is 0 Å². The van der Waals surface area contributed by atoms with Gasteiger partial charge in [-0.15, -0.1) is 0 Å². The summed E-state index contributed by atoms with van der Waals surface area (Å²) in [6, 6.07) is 7.34. The molecule has 2 atom stereocenters. The van der Waals surface area contributed by atoms with Crippen molar-refractivity contribution in [1.29, 1.82) is 0 Å². The van der Waals surface area contributed by atoms with Gasteiger partial charge in [-0.1, -0.05) is 6.42 Å². The van der Waals surface area contributed by atoms with E-state index in [0.717, 1.165) is 50.1 Å². The van der Waals surface area contributed by atoms with E-state index in [1.807, 2.05) is 31.3 Å². The minimum Gasteiger partial charge on any atom is -0.488 e. The molecule has 2 rings (SSSR count). The van der Waals surface area contributed by atoms with Crippen molar-refractivity contribution in [2.45, 2.75) is 50.7 Å². The number of anilines is 1. The number of aliphatic hydroxyl groups excluding tert-OH is 1. The van der Waals surface area contributed by atoms with Crippen molar-refractivity contribution in [2.75, 3.05) is 18.9 Å². The van der Waals surface area contributed by atoms with Crippen LogP contribution in [0, 0.1) is 0 Å². The number of hydrogen-bond acceptors (Lipinski definition) is 4. The average Bonchev–Trinajstić information content (AvgIpc) is 2.52. The third-order valence-electron chi connectivity index (χ3n) is 3.92. The molecule has 1 aliphatic carbocycles. The summed E-state index contributed by atoms with van der Waals surface area (Å²) in [5.74, 6) is 0.755. The lowest BCUT2D eigenvalue weighted by Crippen LogP contribution is -2.34. The molecular weight excluding hydrogens is 280 g/mol. The molecule has 0 aliphatic heterocycles. The average molecular weight is 306 g/mol. The van der Waals surface area contributed by atoms with Gasteiger partial charge < -0.3 is 20.5 Å². The second kappa shape index (κ2) is 8.76. The normalized spacial score (nSPS) is 21.4. The van der Waals surface area contributed by atoms with Crippen LogP contribution in [0.25, 0.3) is 0 Å². The maximum Gasteiger partial charge on any atom is 0.224 e. The van der Waals surface area contributed by atoms with E-state index in [2.05, 4.69) is 10.6 Å². The van der Waals surface area contributed by atoms with Crippen molar-refractivity contribution < 1.29 is 14.6 Å². The van der Waals surface area contributed by atoms with Gasteiger partial charge in [0.25, 0.3) is 0 Å². The molecular formula is C17H26N2O3. The zero-order valence-corrected chi connectivity index (χ0v) is 13.2. The molecule has 1 fully saturated rings. The van der Waals surface area contributed by atoms with E-state index in [1.165, 1.54) is 0 Å². The molecule has 1 amide bonds. The van der Waals surface area contributed by atoms with E-state index < -0.39 is 0 Å². The number of amides is 1. The van der Waals surface area contributed by atoms with Crippen LogP contribution in [0.15, 0.2) is 24.3 Å². The first-order valence-corrected chi connectivity index (χ1v) is 8.08. The summed E-state index contributed by atoms with van der Waals surface area (Å²) in [6.45, 7) is 0.837. The first-order chi connectivity index (χ1) is 10.7. The highest BCUT2D eigenvalue weighted by Gasteiger charge is 2.24. The van der Waals surface area contributed by atoms with Gasteiger partial charge in [0.2, 0.25) is 5.91 Å². The predicted molar refractivity (Wildman–Crippen MR) is 87.1 cm³/mol. The molecule has 0 radical (unpaired) electrons. The predicted octanol–water partition coefficient (Wildman–Crippen LogP) is 2.31. The second-order valence-corrected chi connectivity index (χ2v) is 5.79. The molecule has 22 heavy (non-hydrogen) atoms. The molecule has 0 saturated heterocycles. The molecule has 1 saturated carbocycles. The van der Waals surface area contributed by atoms with E-state index in [4.69, 9.17) is 4.74 Å². The number of ether oxygens (including phenoxy) is 1. The fraction of sp³-hybridized carbons (Fsp3) is 0.588. The summed E-state index contributed by atoms with van der Waals surface area (Å²) < 4.78 is 5.84. The molecule has 1 aromatic carbocycles. The second-order valence-electron chi connectivity index (χ2n) is 5.79. The number of hydrogen-bond donors (Lipinski definition) is 3. The Bertz CT molecular complexity index is 461. The highest BCUT2D eigenvalue weighted by Crippen LogP contribution is 2.24. The van der Waals surface area contributed by atoms with Crippen molar-refractivity contribution >= 4 is 11.6 Å². The molecule has 0 aromatic heterocycles. The van der Waals surface area contributed by atoms with Crippen molar-refractivity contribution in [1.82, 2.24) is 5.32 Å². The van der Waals surface area contributed by atoms with Crippen LogP contribution < -0.4 is 15.4 Å². The third-order valence-corrected chi connectivity index (χ3v) is 3.92. The minimum absolute atomic E-state index is 0.0200. The first kappa shape index (κ1) is 16.8. The molecule has 5 nitrogen and oxygen atoms in total. The van der Waals surface area contributed by atoms with Crippen molar-refractivity contribution in [2.24, 2.45) is 0 Å². The van der Waals surface area contributed by atoms with Crippen LogP contribution in [0.2, 0.25) is 0 Å². The topological polar surface area (TPSA) is 70.6 Å². The maximum absolute atomic E-state index is 11.7. The number of nitrogens with one attached hydrogen (secondary N) is 2. The molecule has 1 aliphatic rings. The van der Waals surface area contributed by atoms with Gasteiger partial charge in [0.1, 0.15) is 11.9 Å². The van der Waals surface area contributed by atoms with Crippen LogP contribution in [-0.2, 0) is 4.79 Å². The third kappa shape index (κ3) is 5.31. The van der Waals surface area contributed by atoms with Gasteiger partial charge in [0, 0.05) is 12.1 Å². The number of carbonyl (C=O) groups excluding carboxylic acids is 1. The lowest BCUT2D eigenvalue weighted by atomic mass is 9.95. The Morgan fingerprint density at radius 2 is 2.00 bits per heavy atom. The zero-order valence-electron chi connectivity index (χ0n) is 13.2. The van der Waals surface area contributed by atoms with Crippen molar-refractivity contribution in [3.8, 4) is 5.75 Å². The Labute approximate surface area is 132 Å². The Balaban J connectivity index is 1.80. The van der Waals surface area contributed by atoms with E-state index in [9.17, 15) is 9.90 Å². The van der Waals surface area contributed by atoms with Crippen LogP contribution in [0.3, 0.4) is 0 Å². The quantitative estimate of drug-likeness (QED) is 0.676. The Morgan fingerprint density at radius 3 is 2.68 bits per heavy atom. The van der Waals surface area contributed by atoms with E-state index in [1.54, 1.807) is 0 Å². The number of carbonyl (C=O) groups is 1. The molecule has 122 valence electrons.